The number of nitrogens with zero attached hydrogens (tertiary/aromatic N) is 2. The average molecular weight is 594 g/mol. The van der Waals surface area contributed by atoms with Crippen molar-refractivity contribution in [2.24, 2.45) is 5.73 Å². The number of aryl methyl sites for hydroxylation is 2. The third-order valence-electron chi connectivity index (χ3n) is 7.17. The lowest BCUT2D eigenvalue weighted by Gasteiger charge is -2.30. The molecule has 2 N–H and O–H groups in total. The van der Waals surface area contributed by atoms with E-state index in [1.54, 1.807) is 31.3 Å². The van der Waals surface area contributed by atoms with Crippen LogP contribution in [0.4, 0.5) is 18.0 Å². The number of benzene rings is 1. The number of unbranched alkanes of at least 4 members (excludes halogenated alkanes) is 1. The lowest BCUT2D eigenvalue weighted by atomic mass is 9.94. The number of carbonyl (C=O) groups excluding carboxylic acids is 3. The van der Waals surface area contributed by atoms with Gasteiger partial charge in [-0.1, -0.05) is 37.6 Å². The predicted octanol–water partition coefficient (Wildman–Crippen LogP) is 5.40. The first kappa shape index (κ1) is 33.0. The van der Waals surface area contributed by atoms with Crippen LogP contribution in [0.3, 0.4) is 0 Å². The molecule has 1 aromatic heterocycles. The summed E-state index contributed by atoms with van der Waals surface area (Å²) in [5, 5.41) is 0. The highest BCUT2D eigenvalue weighted by atomic mass is 19.4. The maximum absolute atomic E-state index is 12.6. The van der Waals surface area contributed by atoms with E-state index in [0.29, 0.717) is 30.6 Å². The smallest absolute Gasteiger partial charge is 0.383 e. The number of primary amides is 1. The standard InChI is InChI=1S/C30H38F3N3O6/c1-3-4-13-25-21(10-7-14-35-25)18-36(29(34)39)15-16-40-23-11-6-12-24(17-23)41-19-22-9-5-8-20(2)26(22)27(37)42-28(38)30(31,32)33/h5,7-10,14,23-24H,3-4,6,11-13,15-19H2,1-2H3,(H2,34,39). The molecule has 2 atom stereocenters. The lowest BCUT2D eigenvalue weighted by Crippen LogP contribution is -2.39. The van der Waals surface area contributed by atoms with Crippen LogP contribution in [0.5, 0.6) is 0 Å². The molecule has 1 fully saturated rings. The Balaban J connectivity index is 1.53. The van der Waals surface area contributed by atoms with Crippen molar-refractivity contribution in [3.05, 3.63) is 64.5 Å². The van der Waals surface area contributed by atoms with Crippen LogP contribution in [0.2, 0.25) is 0 Å². The zero-order chi connectivity index (χ0) is 30.7. The summed E-state index contributed by atoms with van der Waals surface area (Å²) >= 11 is 0. The van der Waals surface area contributed by atoms with Gasteiger partial charge in [0.1, 0.15) is 0 Å². The molecule has 2 aromatic rings. The quantitative estimate of drug-likeness (QED) is 0.244. The molecule has 3 rings (SSSR count). The first-order valence-electron chi connectivity index (χ1n) is 14.1. The number of pyridine rings is 1. The molecular weight excluding hydrogens is 555 g/mol. The molecule has 1 heterocycles. The number of esters is 2. The molecule has 12 heteroatoms. The van der Waals surface area contributed by atoms with E-state index >= 15 is 0 Å². The Bertz CT molecular complexity index is 1220. The Kier molecular flexibility index (Phi) is 12.3. The normalized spacial score (nSPS) is 17.1. The summed E-state index contributed by atoms with van der Waals surface area (Å²) < 4.78 is 53.9. The zero-order valence-corrected chi connectivity index (χ0v) is 24.0. The molecule has 230 valence electrons. The molecule has 0 aliphatic heterocycles. The van der Waals surface area contributed by atoms with Gasteiger partial charge >= 0.3 is 24.1 Å². The van der Waals surface area contributed by atoms with E-state index in [-0.39, 0.29) is 31.0 Å². The molecule has 1 aromatic carbocycles. The predicted molar refractivity (Wildman–Crippen MR) is 147 cm³/mol. The van der Waals surface area contributed by atoms with E-state index in [4.69, 9.17) is 15.2 Å². The fourth-order valence-corrected chi connectivity index (χ4v) is 4.93. The number of ether oxygens (including phenoxy) is 3. The van der Waals surface area contributed by atoms with Gasteiger partial charge in [-0.05, 0) is 68.2 Å². The van der Waals surface area contributed by atoms with Crippen molar-refractivity contribution in [3.8, 4) is 0 Å². The van der Waals surface area contributed by atoms with E-state index in [1.807, 2.05) is 12.1 Å². The van der Waals surface area contributed by atoms with Crippen LogP contribution in [0.15, 0.2) is 36.5 Å². The highest BCUT2D eigenvalue weighted by Crippen LogP contribution is 2.26. The van der Waals surface area contributed by atoms with Crippen molar-refractivity contribution in [1.29, 1.82) is 0 Å². The Morgan fingerprint density at radius 1 is 1.07 bits per heavy atom. The van der Waals surface area contributed by atoms with Gasteiger partial charge < -0.3 is 24.8 Å². The number of amides is 2. The number of urea groups is 1. The summed E-state index contributed by atoms with van der Waals surface area (Å²) in [6, 6.07) is 7.98. The molecule has 2 unspecified atom stereocenters. The van der Waals surface area contributed by atoms with Crippen molar-refractivity contribution in [1.82, 2.24) is 9.88 Å². The average Bonchev–Trinajstić information content (AvgIpc) is 2.94. The van der Waals surface area contributed by atoms with Crippen molar-refractivity contribution in [3.63, 3.8) is 0 Å². The van der Waals surface area contributed by atoms with Gasteiger partial charge in [0.2, 0.25) is 0 Å². The van der Waals surface area contributed by atoms with Gasteiger partial charge in [-0.15, -0.1) is 0 Å². The van der Waals surface area contributed by atoms with E-state index in [0.717, 1.165) is 49.8 Å². The number of hydrogen-bond acceptors (Lipinski definition) is 7. The monoisotopic (exact) mass is 593 g/mol. The second-order valence-corrected chi connectivity index (χ2v) is 10.3. The van der Waals surface area contributed by atoms with Crippen molar-refractivity contribution in [2.75, 3.05) is 13.2 Å². The van der Waals surface area contributed by atoms with Crippen LogP contribution in [0, 0.1) is 6.92 Å². The first-order chi connectivity index (χ1) is 20.0. The van der Waals surface area contributed by atoms with Crippen molar-refractivity contribution >= 4 is 18.0 Å². The van der Waals surface area contributed by atoms with Crippen molar-refractivity contribution < 1.29 is 41.8 Å². The number of alkyl halides is 3. The van der Waals surface area contributed by atoms with Crippen molar-refractivity contribution in [2.45, 2.75) is 90.3 Å². The highest BCUT2D eigenvalue weighted by Gasteiger charge is 2.43. The molecule has 1 saturated carbocycles. The Morgan fingerprint density at radius 3 is 2.48 bits per heavy atom. The van der Waals surface area contributed by atoms with Gasteiger partial charge in [0.05, 0.1) is 31.0 Å². The maximum atomic E-state index is 12.6. The maximum Gasteiger partial charge on any atom is 0.491 e. The van der Waals surface area contributed by atoms with Gasteiger partial charge in [0.25, 0.3) is 0 Å². The number of nitrogens with two attached hydrogens (primary N) is 1. The summed E-state index contributed by atoms with van der Waals surface area (Å²) in [6.45, 7) is 4.54. The third kappa shape index (κ3) is 9.80. The highest BCUT2D eigenvalue weighted by molar-refractivity contribution is 6.00. The topological polar surface area (TPSA) is 121 Å². The number of carbonyl (C=O) groups is 3. The van der Waals surface area contributed by atoms with E-state index in [1.165, 1.54) is 4.90 Å². The minimum atomic E-state index is -5.28. The van der Waals surface area contributed by atoms with Crippen LogP contribution in [-0.2, 0) is 38.6 Å². The fourth-order valence-electron chi connectivity index (χ4n) is 4.93. The van der Waals surface area contributed by atoms with E-state index < -0.39 is 24.1 Å². The molecule has 2 amide bonds. The molecule has 0 saturated heterocycles. The number of aromatic nitrogens is 1. The summed E-state index contributed by atoms with van der Waals surface area (Å²) in [5.74, 6) is -3.94. The summed E-state index contributed by atoms with van der Waals surface area (Å²) in [5.41, 5.74) is 8.12. The van der Waals surface area contributed by atoms with Crippen LogP contribution >= 0.6 is 0 Å². The molecule has 9 nitrogen and oxygen atoms in total. The molecule has 42 heavy (non-hydrogen) atoms. The zero-order valence-electron chi connectivity index (χ0n) is 24.0. The summed E-state index contributed by atoms with van der Waals surface area (Å²) in [6.07, 6.45) is 1.94. The van der Waals surface area contributed by atoms with Gasteiger partial charge in [-0.3, -0.25) is 4.98 Å². The molecule has 1 aliphatic carbocycles. The van der Waals surface area contributed by atoms with Crippen LogP contribution < -0.4 is 5.73 Å². The van der Waals surface area contributed by atoms with Crippen LogP contribution in [-0.4, -0.2) is 59.4 Å². The Labute approximate surface area is 243 Å². The molecule has 1 aliphatic rings. The number of hydrogen-bond donors (Lipinski definition) is 1. The minimum Gasteiger partial charge on any atom is -0.383 e. The van der Waals surface area contributed by atoms with Crippen LogP contribution in [0.25, 0.3) is 0 Å². The molecule has 0 radical (unpaired) electrons. The second kappa shape index (κ2) is 15.6. The SMILES string of the molecule is CCCCc1ncccc1CN(CCOC1CCCC(OCc2cccc(C)c2C(=O)OC(=O)C(F)(F)F)C1)C(N)=O. The first-order valence-corrected chi connectivity index (χ1v) is 14.1. The minimum absolute atomic E-state index is 0.0510. The Hall–Kier alpha value is -3.51. The van der Waals surface area contributed by atoms with Crippen LogP contribution in [0.1, 0.15) is 78.2 Å². The Morgan fingerprint density at radius 2 is 1.79 bits per heavy atom. The summed E-state index contributed by atoms with van der Waals surface area (Å²) in [7, 11) is 0. The summed E-state index contributed by atoms with van der Waals surface area (Å²) in [4.78, 5) is 41.7. The van der Waals surface area contributed by atoms with Gasteiger partial charge in [-0.25, -0.2) is 14.4 Å². The second-order valence-electron chi connectivity index (χ2n) is 10.3. The van der Waals surface area contributed by atoms with E-state index in [9.17, 15) is 27.6 Å². The molecule has 0 bridgehead atoms. The largest absolute Gasteiger partial charge is 0.491 e. The molecular formula is C30H38F3N3O6. The van der Waals surface area contributed by atoms with Gasteiger partial charge in [0, 0.05) is 25.0 Å². The van der Waals surface area contributed by atoms with Gasteiger partial charge in [0.15, 0.2) is 0 Å². The molecule has 0 spiro atoms. The lowest BCUT2D eigenvalue weighted by molar-refractivity contribution is -0.193. The fraction of sp³-hybridized carbons (Fsp3) is 0.533. The number of rotatable bonds is 13. The van der Waals surface area contributed by atoms with E-state index in [2.05, 4.69) is 16.6 Å². The van der Waals surface area contributed by atoms with Gasteiger partial charge in [-0.2, -0.15) is 13.2 Å². The number of halogens is 3. The third-order valence-corrected chi connectivity index (χ3v) is 7.17.